The Bertz CT molecular complexity index is 1210. The van der Waals surface area contributed by atoms with E-state index in [2.05, 4.69) is 4.98 Å². The van der Waals surface area contributed by atoms with Crippen molar-refractivity contribution >= 4 is 30.8 Å². The van der Waals surface area contributed by atoms with Crippen LogP contribution in [-0.4, -0.2) is 54.6 Å². The van der Waals surface area contributed by atoms with Gasteiger partial charge in [-0.05, 0) is 48.2 Å². The third kappa shape index (κ3) is 3.25. The van der Waals surface area contributed by atoms with Crippen molar-refractivity contribution in [2.45, 2.75) is 24.3 Å². The van der Waals surface area contributed by atoms with Crippen molar-refractivity contribution in [3.8, 4) is 0 Å². The average Bonchev–Trinajstić information content (AvgIpc) is 3.40. The summed E-state index contributed by atoms with van der Waals surface area (Å²) in [6.07, 6.45) is 3.40. The number of fused-ring (bicyclic) bond motifs is 3. The number of rotatable bonds is 4. The number of para-hydroxylation sites is 1. The summed E-state index contributed by atoms with van der Waals surface area (Å²) in [6.45, 7) is 1.54. The number of H-pyrrole nitrogens is 1. The predicted octanol–water partition coefficient (Wildman–Crippen LogP) is 3.56. The standard InChI is InChI=1S/C24H21BF2N2O3/c25-24(22-18(26)11-14(12-19(22)27)5-6-21(30)31)23-17(16-3-1-2-4-20(16)28-23)7-9-29(24)15-8-10-32-13-15/h1-6,11-12,15,28H,7-10,13H2,(H,30,31)/b6-5+/t15-,24+/m0/s1. The minimum atomic E-state index is -1.58. The zero-order valence-electron chi connectivity index (χ0n) is 17.3. The van der Waals surface area contributed by atoms with Gasteiger partial charge in [0.2, 0.25) is 0 Å². The number of carbonyl (C=O) groups is 1. The Balaban J connectivity index is 1.72. The number of aliphatic carboxylic acids is 1. The van der Waals surface area contributed by atoms with Gasteiger partial charge in [0, 0.05) is 47.4 Å². The second-order valence-corrected chi connectivity index (χ2v) is 8.28. The summed E-state index contributed by atoms with van der Waals surface area (Å²) in [4.78, 5) is 16.1. The Labute approximate surface area is 185 Å². The lowest BCUT2D eigenvalue weighted by Gasteiger charge is -2.48. The fourth-order valence-corrected chi connectivity index (χ4v) is 5.06. The van der Waals surface area contributed by atoms with Crippen LogP contribution in [-0.2, 0) is 21.4 Å². The van der Waals surface area contributed by atoms with E-state index in [1.165, 1.54) is 0 Å². The van der Waals surface area contributed by atoms with Crippen LogP contribution in [0, 0.1) is 11.6 Å². The number of halogens is 2. The maximum absolute atomic E-state index is 15.5. The van der Waals surface area contributed by atoms with E-state index in [0.29, 0.717) is 31.9 Å². The second-order valence-electron chi connectivity index (χ2n) is 8.28. The van der Waals surface area contributed by atoms with Gasteiger partial charge in [0.1, 0.15) is 19.5 Å². The van der Waals surface area contributed by atoms with Gasteiger partial charge in [-0.15, -0.1) is 0 Å². The lowest BCUT2D eigenvalue weighted by Crippen LogP contribution is -2.57. The Kier molecular flexibility index (Phi) is 5.14. The van der Waals surface area contributed by atoms with Gasteiger partial charge in [-0.1, -0.05) is 18.2 Å². The van der Waals surface area contributed by atoms with E-state index in [9.17, 15) is 4.79 Å². The molecule has 5 rings (SSSR count). The monoisotopic (exact) mass is 434 g/mol. The number of ether oxygens (including phenoxy) is 1. The molecule has 1 fully saturated rings. The molecule has 8 heteroatoms. The zero-order chi connectivity index (χ0) is 22.5. The molecule has 3 heterocycles. The summed E-state index contributed by atoms with van der Waals surface area (Å²) in [5.41, 5.74) is 0.658. The number of carboxylic acids is 1. The molecule has 2 aliphatic heterocycles. The first-order valence-corrected chi connectivity index (χ1v) is 10.5. The zero-order valence-corrected chi connectivity index (χ0v) is 17.3. The molecular formula is C24H21BF2N2O3. The fourth-order valence-electron chi connectivity index (χ4n) is 5.06. The lowest BCUT2D eigenvalue weighted by molar-refractivity contribution is -0.131. The minimum Gasteiger partial charge on any atom is -0.478 e. The van der Waals surface area contributed by atoms with Gasteiger partial charge in [-0.2, -0.15) is 0 Å². The molecule has 32 heavy (non-hydrogen) atoms. The summed E-state index contributed by atoms with van der Waals surface area (Å²) in [7, 11) is 7.00. The first kappa shape index (κ1) is 20.9. The first-order chi connectivity index (χ1) is 15.4. The third-order valence-electron chi connectivity index (χ3n) is 6.46. The van der Waals surface area contributed by atoms with Gasteiger partial charge >= 0.3 is 5.97 Å². The molecule has 2 radical (unpaired) electrons. The SMILES string of the molecule is [B][C@@]1(c2c(F)cc(/C=C/C(=O)O)cc2F)c2[nH]c3ccccc3c2CCN1[C@H]1CCOC1. The highest BCUT2D eigenvalue weighted by molar-refractivity contribution is 6.18. The van der Waals surface area contributed by atoms with Crippen molar-refractivity contribution in [2.24, 2.45) is 0 Å². The highest BCUT2D eigenvalue weighted by Crippen LogP contribution is 2.45. The number of benzene rings is 2. The van der Waals surface area contributed by atoms with Crippen LogP contribution in [0.25, 0.3) is 17.0 Å². The molecule has 2 atom stereocenters. The minimum absolute atomic E-state index is 0.0788. The molecule has 1 saturated heterocycles. The number of aromatic nitrogens is 1. The van der Waals surface area contributed by atoms with Crippen molar-refractivity contribution in [3.05, 3.63) is 76.5 Å². The highest BCUT2D eigenvalue weighted by atomic mass is 19.1. The molecule has 1 aromatic heterocycles. The summed E-state index contributed by atoms with van der Waals surface area (Å²) in [6, 6.07) is 9.88. The molecule has 0 bridgehead atoms. The number of nitrogens with one attached hydrogen (secondary N) is 1. The molecule has 0 spiro atoms. The van der Waals surface area contributed by atoms with Crippen LogP contribution < -0.4 is 0 Å². The van der Waals surface area contributed by atoms with Crippen LogP contribution >= 0.6 is 0 Å². The normalized spacial score (nSPS) is 23.8. The summed E-state index contributed by atoms with van der Waals surface area (Å²) < 4.78 is 36.6. The van der Waals surface area contributed by atoms with Crippen LogP contribution in [0.3, 0.4) is 0 Å². The Hall–Kier alpha value is -2.97. The van der Waals surface area contributed by atoms with E-state index < -0.39 is 23.0 Å². The smallest absolute Gasteiger partial charge is 0.328 e. The van der Waals surface area contributed by atoms with Gasteiger partial charge in [-0.25, -0.2) is 13.6 Å². The number of hydrogen-bond acceptors (Lipinski definition) is 3. The van der Waals surface area contributed by atoms with Crippen LogP contribution in [0.1, 0.15) is 28.8 Å². The number of carboxylic acid groups (broad SMARTS) is 1. The molecule has 162 valence electrons. The van der Waals surface area contributed by atoms with E-state index in [4.69, 9.17) is 17.7 Å². The molecule has 0 unspecified atom stereocenters. The topological polar surface area (TPSA) is 65.6 Å². The quantitative estimate of drug-likeness (QED) is 0.487. The fraction of sp³-hybridized carbons (Fsp3) is 0.292. The van der Waals surface area contributed by atoms with Crippen molar-refractivity contribution in [1.82, 2.24) is 9.88 Å². The van der Waals surface area contributed by atoms with E-state index in [1.807, 2.05) is 29.2 Å². The highest BCUT2D eigenvalue weighted by Gasteiger charge is 2.48. The third-order valence-corrected chi connectivity index (χ3v) is 6.46. The summed E-state index contributed by atoms with van der Waals surface area (Å²) in [5, 5.41) is 9.82. The van der Waals surface area contributed by atoms with E-state index in [1.54, 1.807) is 0 Å². The van der Waals surface area contributed by atoms with Crippen molar-refractivity contribution in [3.63, 3.8) is 0 Å². The first-order valence-electron chi connectivity index (χ1n) is 10.5. The Morgan fingerprint density at radius 2 is 2.03 bits per heavy atom. The number of hydrogen-bond donors (Lipinski definition) is 2. The molecule has 0 amide bonds. The maximum atomic E-state index is 15.5. The van der Waals surface area contributed by atoms with Crippen molar-refractivity contribution < 1.29 is 23.4 Å². The van der Waals surface area contributed by atoms with E-state index >= 15 is 8.78 Å². The lowest BCUT2D eigenvalue weighted by atomic mass is 9.64. The van der Waals surface area contributed by atoms with E-state index in [-0.39, 0.29) is 17.2 Å². The Morgan fingerprint density at radius 3 is 2.72 bits per heavy atom. The van der Waals surface area contributed by atoms with Gasteiger partial charge in [0.05, 0.1) is 12.0 Å². The predicted molar refractivity (Wildman–Crippen MR) is 117 cm³/mol. The van der Waals surface area contributed by atoms with Crippen molar-refractivity contribution in [2.75, 3.05) is 19.8 Å². The molecule has 0 aliphatic carbocycles. The van der Waals surface area contributed by atoms with Crippen molar-refractivity contribution in [1.29, 1.82) is 0 Å². The average molecular weight is 434 g/mol. The molecule has 2 N–H and O–H groups in total. The largest absolute Gasteiger partial charge is 0.478 e. The molecule has 5 nitrogen and oxygen atoms in total. The van der Waals surface area contributed by atoms with Crippen LogP contribution in [0.15, 0.2) is 42.5 Å². The van der Waals surface area contributed by atoms with Gasteiger partial charge in [-0.3, -0.25) is 4.90 Å². The number of nitrogens with zero attached hydrogens (tertiary/aromatic N) is 1. The summed E-state index contributed by atoms with van der Waals surface area (Å²) >= 11 is 0. The molecular weight excluding hydrogens is 413 g/mol. The molecule has 2 aliphatic rings. The number of aromatic amines is 1. The van der Waals surface area contributed by atoms with Crippen LogP contribution in [0.5, 0.6) is 0 Å². The molecule has 3 aromatic rings. The molecule has 0 saturated carbocycles. The Morgan fingerprint density at radius 1 is 1.28 bits per heavy atom. The summed E-state index contributed by atoms with van der Waals surface area (Å²) in [5.74, 6) is -2.85. The van der Waals surface area contributed by atoms with Gasteiger partial charge in [0.15, 0.2) is 0 Å². The van der Waals surface area contributed by atoms with Crippen LogP contribution in [0.4, 0.5) is 8.78 Å². The van der Waals surface area contributed by atoms with Gasteiger partial charge in [0.25, 0.3) is 0 Å². The maximum Gasteiger partial charge on any atom is 0.328 e. The van der Waals surface area contributed by atoms with Gasteiger partial charge < -0.3 is 14.8 Å². The molecule has 2 aromatic carbocycles. The van der Waals surface area contributed by atoms with E-state index in [0.717, 1.165) is 47.2 Å². The second kappa shape index (κ2) is 7.87. The van der Waals surface area contributed by atoms with Crippen LogP contribution in [0.2, 0.25) is 0 Å².